The van der Waals surface area contributed by atoms with E-state index in [1.807, 2.05) is 31.2 Å². The minimum Gasteiger partial charge on any atom is -0.392 e. The summed E-state index contributed by atoms with van der Waals surface area (Å²) in [7, 11) is 0. The zero-order valence-electron chi connectivity index (χ0n) is 12.2. The second-order valence-corrected chi connectivity index (χ2v) is 5.46. The van der Waals surface area contributed by atoms with Gasteiger partial charge in [-0.15, -0.1) is 0 Å². The molecule has 3 rings (SSSR count). The molecule has 3 heteroatoms. The summed E-state index contributed by atoms with van der Waals surface area (Å²) in [6.07, 6.45) is 1.47. The molecule has 0 spiro atoms. The van der Waals surface area contributed by atoms with Crippen LogP contribution < -0.4 is 0 Å². The molecule has 0 amide bonds. The Labute approximate surface area is 124 Å². The van der Waals surface area contributed by atoms with E-state index in [9.17, 15) is 5.11 Å². The third kappa shape index (κ3) is 3.14. The molecule has 3 aromatic rings. The molecule has 0 bridgehead atoms. The number of fused-ring (bicyclic) bond motifs is 1. The third-order valence-corrected chi connectivity index (χ3v) is 3.66. The van der Waals surface area contributed by atoms with E-state index >= 15 is 0 Å². The maximum atomic E-state index is 9.74. The van der Waals surface area contributed by atoms with E-state index in [-0.39, 0.29) is 6.10 Å². The standard InChI is InChI=1S/C18H20N2O/c1-14(21)13-20-17-10-6-5-9-16(17)19-18(20)12-11-15-7-3-2-4-8-15/h2-10,14,21H,11-13H2,1H3. The number of aliphatic hydroxyl groups is 1. The zero-order chi connectivity index (χ0) is 14.7. The summed E-state index contributed by atoms with van der Waals surface area (Å²) in [4.78, 5) is 4.73. The fourth-order valence-corrected chi connectivity index (χ4v) is 2.69. The molecule has 0 radical (unpaired) electrons. The van der Waals surface area contributed by atoms with Gasteiger partial charge in [0.25, 0.3) is 0 Å². The lowest BCUT2D eigenvalue weighted by molar-refractivity contribution is 0.174. The van der Waals surface area contributed by atoms with Gasteiger partial charge in [-0.2, -0.15) is 0 Å². The fraction of sp³-hybridized carbons (Fsp3) is 0.278. The van der Waals surface area contributed by atoms with Gasteiger partial charge >= 0.3 is 0 Å². The van der Waals surface area contributed by atoms with Gasteiger partial charge in [0.05, 0.1) is 23.7 Å². The van der Waals surface area contributed by atoms with Crippen molar-refractivity contribution in [3.8, 4) is 0 Å². The van der Waals surface area contributed by atoms with E-state index in [0.29, 0.717) is 6.54 Å². The van der Waals surface area contributed by atoms with Crippen LogP contribution in [0.25, 0.3) is 11.0 Å². The highest BCUT2D eigenvalue weighted by Crippen LogP contribution is 2.18. The van der Waals surface area contributed by atoms with Crippen molar-refractivity contribution in [1.29, 1.82) is 0 Å². The number of rotatable bonds is 5. The lowest BCUT2D eigenvalue weighted by Crippen LogP contribution is -2.14. The first-order valence-corrected chi connectivity index (χ1v) is 7.40. The molecule has 0 saturated carbocycles. The van der Waals surface area contributed by atoms with Crippen LogP contribution in [0.2, 0.25) is 0 Å². The van der Waals surface area contributed by atoms with Gasteiger partial charge in [0.2, 0.25) is 0 Å². The van der Waals surface area contributed by atoms with Gasteiger partial charge in [0.1, 0.15) is 5.82 Å². The van der Waals surface area contributed by atoms with Crippen molar-refractivity contribution < 1.29 is 5.11 Å². The van der Waals surface area contributed by atoms with Crippen LogP contribution in [-0.2, 0) is 19.4 Å². The number of aryl methyl sites for hydroxylation is 2. The number of hydrogen-bond donors (Lipinski definition) is 1. The van der Waals surface area contributed by atoms with Crippen LogP contribution in [0.5, 0.6) is 0 Å². The van der Waals surface area contributed by atoms with Crippen LogP contribution in [0, 0.1) is 0 Å². The highest BCUT2D eigenvalue weighted by molar-refractivity contribution is 5.75. The maximum absolute atomic E-state index is 9.74. The number of aliphatic hydroxyl groups excluding tert-OH is 1. The summed E-state index contributed by atoms with van der Waals surface area (Å²) >= 11 is 0. The number of imidazole rings is 1. The first-order chi connectivity index (χ1) is 10.2. The van der Waals surface area contributed by atoms with Gasteiger partial charge in [-0.25, -0.2) is 4.98 Å². The molecule has 108 valence electrons. The normalized spacial score (nSPS) is 12.7. The summed E-state index contributed by atoms with van der Waals surface area (Å²) < 4.78 is 2.14. The van der Waals surface area contributed by atoms with Crippen molar-refractivity contribution in [3.05, 3.63) is 66.0 Å². The highest BCUT2D eigenvalue weighted by atomic mass is 16.3. The van der Waals surface area contributed by atoms with Gasteiger partial charge in [-0.05, 0) is 31.0 Å². The van der Waals surface area contributed by atoms with Gasteiger partial charge in [0.15, 0.2) is 0 Å². The van der Waals surface area contributed by atoms with Crippen LogP contribution in [0.3, 0.4) is 0 Å². The average Bonchev–Trinajstić information content (AvgIpc) is 2.84. The van der Waals surface area contributed by atoms with Gasteiger partial charge in [0, 0.05) is 6.42 Å². The monoisotopic (exact) mass is 280 g/mol. The maximum Gasteiger partial charge on any atom is 0.110 e. The molecule has 1 aromatic heterocycles. The van der Waals surface area contributed by atoms with Crippen molar-refractivity contribution in [2.75, 3.05) is 0 Å². The van der Waals surface area contributed by atoms with Crippen LogP contribution >= 0.6 is 0 Å². The lowest BCUT2D eigenvalue weighted by atomic mass is 10.1. The Morgan fingerprint density at radius 2 is 1.71 bits per heavy atom. The predicted molar refractivity (Wildman–Crippen MR) is 85.3 cm³/mol. The highest BCUT2D eigenvalue weighted by Gasteiger charge is 2.11. The number of para-hydroxylation sites is 2. The van der Waals surface area contributed by atoms with Crippen LogP contribution in [0.1, 0.15) is 18.3 Å². The number of aromatic nitrogens is 2. The van der Waals surface area contributed by atoms with E-state index in [1.165, 1.54) is 5.56 Å². The first kappa shape index (κ1) is 13.8. The van der Waals surface area contributed by atoms with Crippen molar-refractivity contribution in [2.45, 2.75) is 32.4 Å². The van der Waals surface area contributed by atoms with Crippen molar-refractivity contribution in [1.82, 2.24) is 9.55 Å². The number of benzene rings is 2. The van der Waals surface area contributed by atoms with E-state index < -0.39 is 0 Å². The Hall–Kier alpha value is -2.13. The van der Waals surface area contributed by atoms with Gasteiger partial charge in [-0.1, -0.05) is 42.5 Å². The van der Waals surface area contributed by atoms with E-state index in [1.54, 1.807) is 0 Å². The van der Waals surface area contributed by atoms with Crippen LogP contribution in [0.15, 0.2) is 54.6 Å². The third-order valence-electron chi connectivity index (χ3n) is 3.66. The summed E-state index contributed by atoms with van der Waals surface area (Å²) in [5.74, 6) is 1.04. The molecule has 0 saturated heterocycles. The Bertz CT molecular complexity index is 716. The smallest absolute Gasteiger partial charge is 0.110 e. The lowest BCUT2D eigenvalue weighted by Gasteiger charge is -2.11. The topological polar surface area (TPSA) is 38.0 Å². The Kier molecular flexibility index (Phi) is 4.02. The molecule has 0 aliphatic heterocycles. The summed E-state index contributed by atoms with van der Waals surface area (Å²) in [6.45, 7) is 2.40. The van der Waals surface area contributed by atoms with Gasteiger partial charge in [-0.3, -0.25) is 0 Å². The molecule has 1 unspecified atom stereocenters. The Morgan fingerprint density at radius 1 is 1.00 bits per heavy atom. The van der Waals surface area contributed by atoms with E-state index in [0.717, 1.165) is 29.7 Å². The first-order valence-electron chi connectivity index (χ1n) is 7.40. The number of hydrogen-bond acceptors (Lipinski definition) is 2. The molecule has 0 aliphatic rings. The van der Waals surface area contributed by atoms with Gasteiger partial charge < -0.3 is 9.67 Å². The minimum absolute atomic E-state index is 0.377. The molecule has 2 aromatic carbocycles. The van der Waals surface area contributed by atoms with Crippen molar-refractivity contribution >= 4 is 11.0 Å². The van der Waals surface area contributed by atoms with Crippen molar-refractivity contribution in [2.24, 2.45) is 0 Å². The van der Waals surface area contributed by atoms with Crippen LogP contribution in [0.4, 0.5) is 0 Å². The second kappa shape index (κ2) is 6.10. The largest absolute Gasteiger partial charge is 0.392 e. The molecule has 1 atom stereocenters. The summed E-state index contributed by atoms with van der Waals surface area (Å²) in [6, 6.07) is 18.6. The summed E-state index contributed by atoms with van der Waals surface area (Å²) in [5, 5.41) is 9.74. The second-order valence-electron chi connectivity index (χ2n) is 5.46. The van der Waals surface area contributed by atoms with Crippen LogP contribution in [-0.4, -0.2) is 20.8 Å². The molecular formula is C18H20N2O. The molecule has 0 aliphatic carbocycles. The Balaban J connectivity index is 1.89. The fourth-order valence-electron chi connectivity index (χ4n) is 2.69. The molecule has 1 heterocycles. The zero-order valence-corrected chi connectivity index (χ0v) is 12.2. The average molecular weight is 280 g/mol. The molecule has 21 heavy (non-hydrogen) atoms. The SMILES string of the molecule is CC(O)Cn1c(CCc2ccccc2)nc2ccccc21. The molecular weight excluding hydrogens is 260 g/mol. The Morgan fingerprint density at radius 3 is 2.48 bits per heavy atom. The summed E-state index contributed by atoms with van der Waals surface area (Å²) in [5.41, 5.74) is 3.41. The molecule has 3 nitrogen and oxygen atoms in total. The molecule has 0 fully saturated rings. The quantitative estimate of drug-likeness (QED) is 0.779. The number of nitrogens with zero attached hydrogens (tertiary/aromatic N) is 2. The molecule has 1 N–H and O–H groups in total. The minimum atomic E-state index is -0.377. The predicted octanol–water partition coefficient (Wildman–Crippen LogP) is 3.20. The van der Waals surface area contributed by atoms with E-state index in [2.05, 4.69) is 34.9 Å². The van der Waals surface area contributed by atoms with Crippen molar-refractivity contribution in [3.63, 3.8) is 0 Å². The van der Waals surface area contributed by atoms with E-state index in [4.69, 9.17) is 4.98 Å².